The maximum atomic E-state index is 11.5. The van der Waals surface area contributed by atoms with Crippen LogP contribution in [-0.2, 0) is 4.79 Å². The van der Waals surface area contributed by atoms with Crippen molar-refractivity contribution in [1.82, 2.24) is 4.98 Å². The van der Waals surface area contributed by atoms with Crippen LogP contribution in [0.15, 0.2) is 42.6 Å². The Hall–Kier alpha value is -1.96. The molecule has 3 rings (SSSR count). The first-order valence-corrected chi connectivity index (χ1v) is 5.92. The summed E-state index contributed by atoms with van der Waals surface area (Å²) in [5.74, 6) is 0.243. The van der Waals surface area contributed by atoms with Crippen LogP contribution in [0.3, 0.4) is 0 Å². The minimum atomic E-state index is 0.243. The normalized spacial score (nSPS) is 16.0. The number of hydrogen-bond donors (Lipinski definition) is 0. The number of hydrogen-bond acceptors (Lipinski definition) is 2. The number of ketones is 1. The molecule has 0 radical (unpaired) electrons. The fourth-order valence-corrected chi connectivity index (χ4v) is 2.39. The Morgan fingerprint density at radius 3 is 2.88 bits per heavy atom. The van der Waals surface area contributed by atoms with Gasteiger partial charge in [0.2, 0.25) is 0 Å². The third-order valence-corrected chi connectivity index (χ3v) is 3.20. The van der Waals surface area contributed by atoms with E-state index in [2.05, 4.69) is 17.1 Å². The van der Waals surface area contributed by atoms with Crippen molar-refractivity contribution in [3.05, 3.63) is 48.2 Å². The molecule has 0 aliphatic heterocycles. The summed E-state index contributed by atoms with van der Waals surface area (Å²) in [5, 5.41) is 1.14. The number of carbonyl (C=O) groups excluding carboxylic acids is 1. The van der Waals surface area contributed by atoms with Gasteiger partial charge in [0, 0.05) is 18.0 Å². The molecule has 17 heavy (non-hydrogen) atoms. The number of benzene rings is 1. The van der Waals surface area contributed by atoms with Crippen molar-refractivity contribution in [3.8, 4) is 0 Å². The number of carbonyl (C=O) groups is 1. The molecule has 84 valence electrons. The van der Waals surface area contributed by atoms with E-state index in [0.29, 0.717) is 6.42 Å². The van der Waals surface area contributed by atoms with Gasteiger partial charge in [-0.15, -0.1) is 0 Å². The third kappa shape index (κ3) is 1.86. The molecule has 2 heteroatoms. The Morgan fingerprint density at radius 1 is 1.06 bits per heavy atom. The molecule has 0 spiro atoms. The van der Waals surface area contributed by atoms with E-state index in [1.807, 2.05) is 18.2 Å². The van der Waals surface area contributed by atoms with Crippen molar-refractivity contribution in [3.63, 3.8) is 0 Å². The van der Waals surface area contributed by atoms with Gasteiger partial charge in [0.1, 0.15) is 0 Å². The summed E-state index contributed by atoms with van der Waals surface area (Å²) in [6, 6.07) is 10.1. The highest BCUT2D eigenvalue weighted by Gasteiger charge is 2.13. The van der Waals surface area contributed by atoms with Crippen molar-refractivity contribution in [2.24, 2.45) is 0 Å². The van der Waals surface area contributed by atoms with E-state index in [1.165, 1.54) is 0 Å². The van der Waals surface area contributed by atoms with E-state index >= 15 is 0 Å². The third-order valence-electron chi connectivity index (χ3n) is 3.20. The fourth-order valence-electron chi connectivity index (χ4n) is 2.39. The molecule has 1 aliphatic carbocycles. The van der Waals surface area contributed by atoms with Crippen molar-refractivity contribution in [1.29, 1.82) is 0 Å². The zero-order valence-corrected chi connectivity index (χ0v) is 9.52. The maximum absolute atomic E-state index is 11.5. The number of rotatable bonds is 1. The topological polar surface area (TPSA) is 30.0 Å². The molecule has 0 saturated heterocycles. The molecule has 0 unspecified atom stereocenters. The van der Waals surface area contributed by atoms with Gasteiger partial charge in [-0.25, -0.2) is 0 Å². The lowest BCUT2D eigenvalue weighted by molar-refractivity contribution is -0.114. The fraction of sp³-hybridized carbons (Fsp3) is 0.200. The van der Waals surface area contributed by atoms with Crippen LogP contribution in [0.25, 0.3) is 16.5 Å². The molecule has 1 aromatic carbocycles. The van der Waals surface area contributed by atoms with Crippen LogP contribution in [0.5, 0.6) is 0 Å². The van der Waals surface area contributed by atoms with Crippen LogP contribution in [0.4, 0.5) is 0 Å². The van der Waals surface area contributed by atoms with Crippen molar-refractivity contribution < 1.29 is 4.79 Å². The Bertz CT molecular complexity index is 608. The highest BCUT2D eigenvalue weighted by Crippen LogP contribution is 2.30. The summed E-state index contributed by atoms with van der Waals surface area (Å²) in [6.45, 7) is 0. The molecule has 0 atom stereocenters. The number of aromatic nitrogens is 1. The van der Waals surface area contributed by atoms with Gasteiger partial charge in [-0.1, -0.05) is 18.2 Å². The minimum Gasteiger partial charge on any atom is -0.295 e. The van der Waals surface area contributed by atoms with Crippen LogP contribution in [0.2, 0.25) is 0 Å². The summed E-state index contributed by atoms with van der Waals surface area (Å²) < 4.78 is 0. The molecule has 1 aromatic heterocycles. The van der Waals surface area contributed by atoms with Gasteiger partial charge in [-0.05, 0) is 42.2 Å². The van der Waals surface area contributed by atoms with Gasteiger partial charge >= 0.3 is 0 Å². The standard InChI is InChI=1S/C15H13NO/c17-12-5-1-4-11(10-12)13-6-2-8-15-14(13)7-3-9-16-15/h2-3,6-10H,1,4-5H2. The average Bonchev–Trinajstić information content (AvgIpc) is 2.38. The number of allylic oxidation sites excluding steroid dienone is 2. The number of pyridine rings is 1. The van der Waals surface area contributed by atoms with Gasteiger partial charge in [-0.3, -0.25) is 9.78 Å². The molecule has 0 amide bonds. The van der Waals surface area contributed by atoms with Crippen molar-refractivity contribution in [2.45, 2.75) is 19.3 Å². The predicted molar refractivity (Wildman–Crippen MR) is 68.6 cm³/mol. The Balaban J connectivity index is 2.20. The maximum Gasteiger partial charge on any atom is 0.155 e. The van der Waals surface area contributed by atoms with E-state index in [-0.39, 0.29) is 5.78 Å². The van der Waals surface area contributed by atoms with E-state index in [4.69, 9.17) is 0 Å². The zero-order valence-electron chi connectivity index (χ0n) is 9.52. The van der Waals surface area contributed by atoms with Crippen molar-refractivity contribution >= 4 is 22.3 Å². The van der Waals surface area contributed by atoms with Gasteiger partial charge in [0.15, 0.2) is 5.78 Å². The lowest BCUT2D eigenvalue weighted by Crippen LogP contribution is -2.02. The molecule has 0 bridgehead atoms. The van der Waals surface area contributed by atoms with Gasteiger partial charge in [0.25, 0.3) is 0 Å². The van der Waals surface area contributed by atoms with Gasteiger partial charge in [0.05, 0.1) is 5.52 Å². The molecular formula is C15H13NO. The highest BCUT2D eigenvalue weighted by atomic mass is 16.1. The summed E-state index contributed by atoms with van der Waals surface area (Å²) >= 11 is 0. The second-order valence-corrected chi connectivity index (χ2v) is 4.37. The lowest BCUT2D eigenvalue weighted by Gasteiger charge is -2.14. The van der Waals surface area contributed by atoms with Crippen molar-refractivity contribution in [2.75, 3.05) is 0 Å². The second-order valence-electron chi connectivity index (χ2n) is 4.37. The largest absolute Gasteiger partial charge is 0.295 e. The van der Waals surface area contributed by atoms with Crippen LogP contribution in [-0.4, -0.2) is 10.8 Å². The van der Waals surface area contributed by atoms with Crippen LogP contribution in [0, 0.1) is 0 Å². The minimum absolute atomic E-state index is 0.243. The lowest BCUT2D eigenvalue weighted by atomic mass is 9.91. The summed E-state index contributed by atoms with van der Waals surface area (Å²) in [4.78, 5) is 15.8. The number of fused-ring (bicyclic) bond motifs is 1. The van der Waals surface area contributed by atoms with Crippen LogP contribution >= 0.6 is 0 Å². The molecule has 0 N–H and O–H groups in total. The Labute approximate surface area is 100.0 Å². The summed E-state index contributed by atoms with van der Waals surface area (Å²) in [6.07, 6.45) is 6.23. The molecular weight excluding hydrogens is 210 g/mol. The van der Waals surface area contributed by atoms with E-state index < -0.39 is 0 Å². The molecule has 1 aliphatic rings. The average molecular weight is 223 g/mol. The molecule has 1 heterocycles. The molecule has 0 saturated carbocycles. The predicted octanol–water partition coefficient (Wildman–Crippen LogP) is 3.37. The summed E-state index contributed by atoms with van der Waals surface area (Å²) in [5.41, 5.74) is 3.30. The quantitative estimate of drug-likeness (QED) is 0.741. The Kier molecular flexibility index (Phi) is 2.48. The van der Waals surface area contributed by atoms with Gasteiger partial charge in [-0.2, -0.15) is 0 Å². The highest BCUT2D eigenvalue weighted by molar-refractivity contribution is 6.02. The molecule has 2 nitrogen and oxygen atoms in total. The SMILES string of the molecule is O=C1C=C(c2cccc3ncccc23)CCC1. The molecule has 2 aromatic rings. The first-order valence-electron chi connectivity index (χ1n) is 5.92. The first kappa shape index (κ1) is 10.2. The Morgan fingerprint density at radius 2 is 2.00 bits per heavy atom. The van der Waals surface area contributed by atoms with Crippen LogP contribution < -0.4 is 0 Å². The first-order chi connectivity index (χ1) is 8.34. The second kappa shape index (κ2) is 4.13. The van der Waals surface area contributed by atoms with E-state index in [1.54, 1.807) is 12.3 Å². The van der Waals surface area contributed by atoms with Gasteiger partial charge < -0.3 is 0 Å². The van der Waals surface area contributed by atoms with E-state index in [9.17, 15) is 4.79 Å². The molecule has 0 fully saturated rings. The monoisotopic (exact) mass is 223 g/mol. The zero-order chi connectivity index (χ0) is 11.7. The van der Waals surface area contributed by atoms with Crippen LogP contribution in [0.1, 0.15) is 24.8 Å². The number of nitrogens with zero attached hydrogens (tertiary/aromatic N) is 1. The smallest absolute Gasteiger partial charge is 0.155 e. The van der Waals surface area contributed by atoms with E-state index in [0.717, 1.165) is 34.9 Å². The summed E-state index contributed by atoms with van der Waals surface area (Å²) in [7, 11) is 0.